The van der Waals surface area contributed by atoms with Gasteiger partial charge in [-0.25, -0.2) is 0 Å². The summed E-state index contributed by atoms with van der Waals surface area (Å²) in [6.07, 6.45) is 1.72. The zero-order chi connectivity index (χ0) is 19.6. The van der Waals surface area contributed by atoms with Crippen molar-refractivity contribution in [2.75, 3.05) is 11.9 Å². The van der Waals surface area contributed by atoms with Crippen LogP contribution in [0, 0.1) is 5.92 Å². The Bertz CT molecular complexity index is 625. The van der Waals surface area contributed by atoms with Crippen molar-refractivity contribution in [1.82, 2.24) is 10.3 Å². The van der Waals surface area contributed by atoms with Crippen LogP contribution in [-0.2, 0) is 15.0 Å². The molecule has 1 rings (SSSR count). The topological polar surface area (TPSA) is 74.0 Å². The summed E-state index contributed by atoms with van der Waals surface area (Å²) in [5.41, 5.74) is -0.0373. The summed E-state index contributed by atoms with van der Waals surface area (Å²) in [4.78, 5) is 28.1. The summed E-state index contributed by atoms with van der Waals surface area (Å²) in [7, 11) is 6.02. The molecule has 0 bridgehead atoms. The number of Topliss-reactive ketones (excluding diaryl/α,β-unsaturated/α-hetero) is 1. The maximum absolute atomic E-state index is 13.1. The van der Waals surface area contributed by atoms with Gasteiger partial charge in [-0.1, -0.05) is 33.0 Å². The van der Waals surface area contributed by atoms with Gasteiger partial charge in [-0.15, -0.1) is 0 Å². The number of rotatable bonds is 8. The highest BCUT2D eigenvalue weighted by Gasteiger charge is 2.41. The Hall–Kier alpha value is -1.56. The number of aromatic nitrogens is 1. The average molecular weight is 345 g/mol. The molecule has 3 N–H and O–H groups in total. The third-order valence-corrected chi connectivity index (χ3v) is 4.27. The van der Waals surface area contributed by atoms with Gasteiger partial charge in [0.05, 0.1) is 24.5 Å². The lowest BCUT2D eigenvalue weighted by Crippen LogP contribution is -2.55. The Labute approximate surface area is 153 Å². The van der Waals surface area contributed by atoms with E-state index in [0.717, 1.165) is 5.69 Å². The first-order valence-corrected chi connectivity index (χ1v) is 8.75. The molecular formula is C19H32BN3O2. The maximum Gasteiger partial charge on any atom is 0.226 e. The minimum atomic E-state index is -0.740. The highest BCUT2D eigenvalue weighted by atomic mass is 16.2. The zero-order valence-corrected chi connectivity index (χ0v) is 16.8. The standard InChI is InChI=1S/C19H32BN3O2/c1-12(2)15(24)23-13-9-14(21-10-13)18(5,6)16(25)19(7,8)22-11-17(3,4)20/h9-10,12,21-22H,11H2,1-8H3,(H,23,24). The summed E-state index contributed by atoms with van der Waals surface area (Å²) in [5.74, 6) is -0.106. The van der Waals surface area contributed by atoms with Crippen molar-refractivity contribution in [2.45, 2.75) is 71.7 Å². The van der Waals surface area contributed by atoms with Gasteiger partial charge >= 0.3 is 0 Å². The Morgan fingerprint density at radius 2 is 1.72 bits per heavy atom. The van der Waals surface area contributed by atoms with Crippen LogP contribution in [-0.4, -0.2) is 36.6 Å². The molecule has 0 aliphatic rings. The van der Waals surface area contributed by atoms with E-state index < -0.39 is 16.3 Å². The van der Waals surface area contributed by atoms with E-state index in [1.165, 1.54) is 0 Å². The van der Waals surface area contributed by atoms with Gasteiger partial charge in [-0.05, 0) is 40.3 Å². The SMILES string of the molecule is [B]C(C)(C)CNC(C)(C)C(=O)C(C)(C)c1cc(NC(=O)C(C)C)c[nH]1. The molecule has 1 heterocycles. The Balaban J connectivity index is 2.94. The molecule has 5 nitrogen and oxygen atoms in total. The van der Waals surface area contributed by atoms with E-state index in [4.69, 9.17) is 7.85 Å². The van der Waals surface area contributed by atoms with Gasteiger partial charge in [0.15, 0.2) is 5.78 Å². The number of hydrogen-bond acceptors (Lipinski definition) is 3. The molecule has 0 aliphatic carbocycles. The van der Waals surface area contributed by atoms with E-state index in [1.54, 1.807) is 6.20 Å². The molecule has 0 fully saturated rings. The van der Waals surface area contributed by atoms with Gasteiger partial charge in [0.25, 0.3) is 0 Å². The van der Waals surface area contributed by atoms with Crippen LogP contribution in [0.5, 0.6) is 0 Å². The second-order valence-electron chi connectivity index (χ2n) is 8.87. The molecule has 0 aliphatic heterocycles. The van der Waals surface area contributed by atoms with Gasteiger partial charge < -0.3 is 15.6 Å². The smallest absolute Gasteiger partial charge is 0.226 e. The fraction of sp³-hybridized carbons (Fsp3) is 0.684. The fourth-order valence-corrected chi connectivity index (χ4v) is 2.55. The lowest BCUT2D eigenvalue weighted by Gasteiger charge is -2.36. The van der Waals surface area contributed by atoms with Crippen molar-refractivity contribution in [3.63, 3.8) is 0 Å². The molecule has 1 amide bonds. The summed E-state index contributed by atoms with van der Waals surface area (Å²) in [5, 5.41) is 5.71. The third kappa shape index (κ3) is 5.74. The second-order valence-corrected chi connectivity index (χ2v) is 8.87. The molecule has 0 saturated heterocycles. The molecule has 1 aromatic heterocycles. The summed E-state index contributed by atoms with van der Waals surface area (Å²) >= 11 is 0. The minimum Gasteiger partial charge on any atom is -0.362 e. The molecule has 25 heavy (non-hydrogen) atoms. The summed E-state index contributed by atoms with van der Waals surface area (Å²) < 4.78 is 0. The van der Waals surface area contributed by atoms with Crippen molar-refractivity contribution in [1.29, 1.82) is 0 Å². The summed E-state index contributed by atoms with van der Waals surface area (Å²) in [6, 6.07) is 1.82. The molecule has 6 heteroatoms. The van der Waals surface area contributed by atoms with Gasteiger partial charge in [0.1, 0.15) is 0 Å². The Morgan fingerprint density at radius 1 is 1.16 bits per heavy atom. The fourth-order valence-electron chi connectivity index (χ4n) is 2.55. The van der Waals surface area contributed by atoms with Crippen molar-refractivity contribution in [3.05, 3.63) is 18.0 Å². The highest BCUT2D eigenvalue weighted by molar-refractivity contribution is 6.14. The van der Waals surface area contributed by atoms with Crippen LogP contribution in [0.25, 0.3) is 0 Å². The number of carbonyl (C=O) groups is 2. The number of ketones is 1. The monoisotopic (exact) mass is 345 g/mol. The average Bonchev–Trinajstić information content (AvgIpc) is 2.93. The van der Waals surface area contributed by atoms with Crippen LogP contribution in [0.2, 0.25) is 5.31 Å². The molecular weight excluding hydrogens is 313 g/mol. The first kappa shape index (κ1) is 21.5. The lowest BCUT2D eigenvalue weighted by molar-refractivity contribution is -0.129. The second kappa shape index (κ2) is 7.36. The molecule has 0 spiro atoms. The summed E-state index contributed by atoms with van der Waals surface area (Å²) in [6.45, 7) is 15.5. The largest absolute Gasteiger partial charge is 0.362 e. The van der Waals surface area contributed by atoms with E-state index in [1.807, 2.05) is 61.5 Å². The van der Waals surface area contributed by atoms with Crippen molar-refractivity contribution >= 4 is 25.2 Å². The van der Waals surface area contributed by atoms with E-state index >= 15 is 0 Å². The van der Waals surface area contributed by atoms with Crippen LogP contribution >= 0.6 is 0 Å². The van der Waals surface area contributed by atoms with Gasteiger partial charge in [-0.2, -0.15) is 0 Å². The molecule has 2 radical (unpaired) electrons. The molecule has 0 aromatic carbocycles. The van der Waals surface area contributed by atoms with Crippen LogP contribution in [0.15, 0.2) is 12.3 Å². The first-order valence-electron chi connectivity index (χ1n) is 8.75. The van der Waals surface area contributed by atoms with Crippen LogP contribution in [0.3, 0.4) is 0 Å². The quantitative estimate of drug-likeness (QED) is 0.634. The zero-order valence-electron chi connectivity index (χ0n) is 16.8. The van der Waals surface area contributed by atoms with Crippen molar-refractivity contribution in [2.24, 2.45) is 5.92 Å². The molecule has 0 atom stereocenters. The van der Waals surface area contributed by atoms with Crippen molar-refractivity contribution < 1.29 is 9.59 Å². The first-order chi connectivity index (χ1) is 11.2. The van der Waals surface area contributed by atoms with E-state index in [9.17, 15) is 9.59 Å². The van der Waals surface area contributed by atoms with E-state index in [-0.39, 0.29) is 17.6 Å². The number of aromatic amines is 1. The minimum absolute atomic E-state index is 0.0489. The Morgan fingerprint density at radius 3 is 2.20 bits per heavy atom. The van der Waals surface area contributed by atoms with E-state index in [0.29, 0.717) is 12.2 Å². The molecule has 138 valence electrons. The number of nitrogens with one attached hydrogen (secondary N) is 3. The Kier molecular flexibility index (Phi) is 6.33. The number of anilines is 1. The third-order valence-electron chi connectivity index (χ3n) is 4.27. The van der Waals surface area contributed by atoms with Gasteiger partial charge in [0, 0.05) is 17.8 Å². The number of hydrogen-bond donors (Lipinski definition) is 3. The van der Waals surface area contributed by atoms with Gasteiger partial charge in [-0.3, -0.25) is 9.59 Å². The van der Waals surface area contributed by atoms with Gasteiger partial charge in [0.2, 0.25) is 5.91 Å². The number of carbonyl (C=O) groups excluding carboxylic acids is 2. The predicted molar refractivity (Wildman–Crippen MR) is 104 cm³/mol. The number of H-pyrrole nitrogens is 1. The van der Waals surface area contributed by atoms with Crippen LogP contribution < -0.4 is 10.6 Å². The lowest BCUT2D eigenvalue weighted by atomic mass is 9.71. The molecule has 1 aromatic rings. The normalized spacial score (nSPS) is 13.2. The van der Waals surface area contributed by atoms with Crippen LogP contribution in [0.1, 0.15) is 61.1 Å². The molecule has 0 unspecified atom stereocenters. The van der Waals surface area contributed by atoms with Crippen LogP contribution in [0.4, 0.5) is 5.69 Å². The predicted octanol–water partition coefficient (Wildman–Crippen LogP) is 3.19. The maximum atomic E-state index is 13.1. The molecule has 0 saturated carbocycles. The van der Waals surface area contributed by atoms with Crippen molar-refractivity contribution in [3.8, 4) is 0 Å². The highest BCUT2D eigenvalue weighted by Crippen LogP contribution is 2.30. The van der Waals surface area contributed by atoms with E-state index in [2.05, 4.69) is 15.6 Å². The number of amides is 1.